The van der Waals surface area contributed by atoms with Crippen molar-refractivity contribution in [2.24, 2.45) is 0 Å². The normalized spacial score (nSPS) is 14.7. The molecule has 10 heteroatoms. The number of amides is 1. The third-order valence-electron chi connectivity index (χ3n) is 8.98. The fourth-order valence-electron chi connectivity index (χ4n) is 6.27. The summed E-state index contributed by atoms with van der Waals surface area (Å²) >= 11 is 0. The van der Waals surface area contributed by atoms with Gasteiger partial charge in [0, 0.05) is 60.1 Å². The maximum Gasteiger partial charge on any atom is 0.269 e. The van der Waals surface area contributed by atoms with Crippen molar-refractivity contribution in [1.29, 1.82) is 0 Å². The second-order valence-electron chi connectivity index (χ2n) is 12.4. The minimum absolute atomic E-state index is 0.103. The van der Waals surface area contributed by atoms with Gasteiger partial charge >= 0.3 is 0 Å². The summed E-state index contributed by atoms with van der Waals surface area (Å²) in [7, 11) is 1.63. The molecule has 1 fully saturated rings. The van der Waals surface area contributed by atoms with Gasteiger partial charge in [0.25, 0.3) is 15.9 Å². The average Bonchev–Trinajstić information content (AvgIpc) is 3.67. The van der Waals surface area contributed by atoms with Crippen LogP contribution in [0.2, 0.25) is 0 Å². The molecule has 1 aliphatic rings. The Kier molecular flexibility index (Phi) is 7.49. The van der Waals surface area contributed by atoms with Crippen molar-refractivity contribution in [2.75, 3.05) is 34.2 Å². The third-order valence-corrected chi connectivity index (χ3v) is 10.6. The molecule has 1 aliphatic heterocycles. The van der Waals surface area contributed by atoms with Gasteiger partial charge in [-0.05, 0) is 87.4 Å². The second-order valence-corrected chi connectivity index (χ2v) is 14.2. The number of aryl methyl sites for hydroxylation is 1. The topological polar surface area (TPSA) is 93.3 Å². The largest absolute Gasteiger partial charge is 0.345 e. The zero-order valence-electron chi connectivity index (χ0n) is 26.4. The molecule has 9 nitrogen and oxygen atoms in total. The van der Waals surface area contributed by atoms with Crippen LogP contribution in [0.25, 0.3) is 44.2 Å². The standard InChI is InChI=1S/C36H36N6O3S/c1-24-8-14-29(15-9-24)46(44,45)42-23-32(25-10-12-26(13-11-25)36(43)39(2)3)31-20-27(21-37-35(31)42)30-6-5-7-34-33(30)22-41(38-34)28-16-18-40(4)19-17-28/h5-15,20-23,28H,16-19H2,1-4H3. The van der Waals surface area contributed by atoms with E-state index in [-0.39, 0.29) is 10.8 Å². The maximum atomic E-state index is 14.0. The first-order valence-corrected chi connectivity index (χ1v) is 16.9. The van der Waals surface area contributed by atoms with Crippen molar-refractivity contribution in [2.45, 2.75) is 30.7 Å². The average molecular weight is 633 g/mol. The van der Waals surface area contributed by atoms with E-state index in [9.17, 15) is 13.2 Å². The SMILES string of the molecule is Cc1ccc(S(=O)(=O)n2cc(-c3ccc(C(=O)N(C)C)cc3)c3cc(-c4cccc5nn(C6CCN(C)CC6)cc45)cnc32)cc1. The zero-order chi connectivity index (χ0) is 32.2. The van der Waals surface area contributed by atoms with E-state index in [1.807, 2.05) is 37.3 Å². The van der Waals surface area contributed by atoms with Gasteiger partial charge in [0.2, 0.25) is 0 Å². The zero-order valence-corrected chi connectivity index (χ0v) is 27.2. The molecular weight excluding hydrogens is 597 g/mol. The molecule has 0 unspecified atom stereocenters. The molecule has 0 saturated carbocycles. The van der Waals surface area contributed by atoms with Crippen molar-refractivity contribution in [3.8, 4) is 22.3 Å². The molecule has 0 spiro atoms. The van der Waals surface area contributed by atoms with E-state index in [4.69, 9.17) is 10.1 Å². The van der Waals surface area contributed by atoms with Crippen molar-refractivity contribution < 1.29 is 13.2 Å². The van der Waals surface area contributed by atoms with Gasteiger partial charge in [0.1, 0.15) is 0 Å². The Morgan fingerprint density at radius 2 is 1.59 bits per heavy atom. The van der Waals surface area contributed by atoms with E-state index < -0.39 is 10.0 Å². The van der Waals surface area contributed by atoms with E-state index in [2.05, 4.69) is 28.9 Å². The molecule has 1 saturated heterocycles. The highest BCUT2D eigenvalue weighted by molar-refractivity contribution is 7.90. The number of likely N-dealkylation sites (tertiary alicyclic amines) is 1. The van der Waals surface area contributed by atoms with Crippen molar-refractivity contribution >= 4 is 37.9 Å². The molecule has 234 valence electrons. The summed E-state index contributed by atoms with van der Waals surface area (Å²) in [6, 6.07) is 22.5. The van der Waals surface area contributed by atoms with Crippen LogP contribution in [0.15, 0.2) is 96.3 Å². The van der Waals surface area contributed by atoms with Gasteiger partial charge in [-0.25, -0.2) is 17.4 Å². The molecule has 3 aromatic carbocycles. The van der Waals surface area contributed by atoms with E-state index in [1.54, 1.807) is 62.9 Å². The summed E-state index contributed by atoms with van der Waals surface area (Å²) in [6.45, 7) is 4.01. The number of carbonyl (C=O) groups is 1. The number of aromatic nitrogens is 4. The van der Waals surface area contributed by atoms with Crippen molar-refractivity contribution in [3.63, 3.8) is 0 Å². The smallest absolute Gasteiger partial charge is 0.269 e. The van der Waals surface area contributed by atoms with Gasteiger partial charge in [-0.1, -0.05) is 42.0 Å². The lowest BCUT2D eigenvalue weighted by molar-refractivity contribution is 0.0827. The van der Waals surface area contributed by atoms with E-state index in [1.165, 1.54) is 8.87 Å². The first-order valence-electron chi connectivity index (χ1n) is 15.4. The number of rotatable bonds is 6. The van der Waals surface area contributed by atoms with Crippen LogP contribution in [0.3, 0.4) is 0 Å². The molecule has 6 aromatic rings. The molecule has 0 N–H and O–H groups in total. The number of pyridine rings is 1. The van der Waals surface area contributed by atoms with E-state index in [0.717, 1.165) is 59.1 Å². The highest BCUT2D eigenvalue weighted by atomic mass is 32.2. The molecule has 4 heterocycles. The molecular formula is C36H36N6O3S. The second kappa shape index (κ2) is 11.5. The Balaban J connectivity index is 1.38. The fourth-order valence-corrected chi connectivity index (χ4v) is 7.60. The van der Waals surface area contributed by atoms with Crippen LogP contribution in [0.4, 0.5) is 0 Å². The summed E-state index contributed by atoms with van der Waals surface area (Å²) in [4.78, 5) is 21.4. The Hall–Kier alpha value is -4.80. The summed E-state index contributed by atoms with van der Waals surface area (Å²) in [6.07, 6.45) is 7.63. The Bertz CT molecular complexity index is 2190. The molecule has 0 radical (unpaired) electrons. The minimum atomic E-state index is -3.95. The number of fused-ring (bicyclic) bond motifs is 2. The fraction of sp³-hybridized carbons (Fsp3) is 0.250. The maximum absolute atomic E-state index is 14.0. The van der Waals surface area contributed by atoms with Crippen molar-refractivity contribution in [1.82, 2.24) is 28.5 Å². The highest BCUT2D eigenvalue weighted by Crippen LogP contribution is 2.37. The van der Waals surface area contributed by atoms with Crippen molar-refractivity contribution in [3.05, 3.63) is 103 Å². The Labute approximate surface area is 268 Å². The molecule has 7 rings (SSSR count). The van der Waals surface area contributed by atoms with Gasteiger partial charge in [0.05, 0.1) is 16.5 Å². The first-order chi connectivity index (χ1) is 22.1. The van der Waals surface area contributed by atoms with E-state index >= 15 is 0 Å². The van der Waals surface area contributed by atoms with Crippen LogP contribution < -0.4 is 0 Å². The van der Waals surface area contributed by atoms with Gasteiger partial charge < -0.3 is 9.80 Å². The van der Waals surface area contributed by atoms with E-state index in [0.29, 0.717) is 28.2 Å². The van der Waals surface area contributed by atoms with Crippen LogP contribution in [0.1, 0.15) is 34.8 Å². The monoisotopic (exact) mass is 632 g/mol. The number of carbonyl (C=O) groups excluding carboxylic acids is 1. The minimum Gasteiger partial charge on any atom is -0.345 e. The lowest BCUT2D eigenvalue weighted by atomic mass is 9.99. The van der Waals surface area contributed by atoms with Gasteiger partial charge in [-0.3, -0.25) is 9.48 Å². The van der Waals surface area contributed by atoms with Crippen LogP contribution in [0, 0.1) is 6.92 Å². The van der Waals surface area contributed by atoms with Gasteiger partial charge in [0.15, 0.2) is 5.65 Å². The van der Waals surface area contributed by atoms with Crippen LogP contribution in [0.5, 0.6) is 0 Å². The predicted octanol–water partition coefficient (Wildman–Crippen LogP) is 6.23. The highest BCUT2D eigenvalue weighted by Gasteiger charge is 2.25. The number of hydrogen-bond donors (Lipinski definition) is 0. The molecule has 0 bridgehead atoms. The number of piperidine rings is 1. The van der Waals surface area contributed by atoms with Crippen LogP contribution in [-0.2, 0) is 10.0 Å². The first kappa shape index (κ1) is 29.9. The van der Waals surface area contributed by atoms with Gasteiger partial charge in [-0.2, -0.15) is 5.10 Å². The number of hydrogen-bond acceptors (Lipinski definition) is 6. The number of nitrogens with zero attached hydrogens (tertiary/aromatic N) is 6. The molecule has 0 atom stereocenters. The quantitative estimate of drug-likeness (QED) is 0.216. The lowest BCUT2D eigenvalue weighted by Gasteiger charge is -2.28. The molecule has 46 heavy (non-hydrogen) atoms. The lowest BCUT2D eigenvalue weighted by Crippen LogP contribution is -2.31. The summed E-state index contributed by atoms with van der Waals surface area (Å²) in [5, 5.41) is 6.67. The summed E-state index contributed by atoms with van der Waals surface area (Å²) in [5.41, 5.74) is 6.12. The predicted molar refractivity (Wildman–Crippen MR) is 181 cm³/mol. The third kappa shape index (κ3) is 5.27. The van der Waals surface area contributed by atoms with Gasteiger partial charge in [-0.15, -0.1) is 0 Å². The molecule has 3 aromatic heterocycles. The van der Waals surface area contributed by atoms with Crippen LogP contribution >= 0.6 is 0 Å². The molecule has 0 aliphatic carbocycles. The summed E-state index contributed by atoms with van der Waals surface area (Å²) < 4.78 is 31.3. The van der Waals surface area contributed by atoms with Crippen LogP contribution in [-0.4, -0.2) is 77.1 Å². The molecule has 1 amide bonds. The Morgan fingerprint density at radius 1 is 0.870 bits per heavy atom. The summed E-state index contributed by atoms with van der Waals surface area (Å²) in [5.74, 6) is -0.103. The Morgan fingerprint density at radius 3 is 2.28 bits per heavy atom. The number of benzene rings is 3.